The van der Waals surface area contributed by atoms with Crippen molar-refractivity contribution in [3.8, 4) is 0 Å². The minimum absolute atomic E-state index is 0.0207. The molecule has 2 aromatic heterocycles. The van der Waals surface area contributed by atoms with Gasteiger partial charge in [-0.25, -0.2) is 4.98 Å². The zero-order chi connectivity index (χ0) is 21.2. The number of anilines is 2. The zero-order valence-electron chi connectivity index (χ0n) is 14.2. The van der Waals surface area contributed by atoms with Gasteiger partial charge in [-0.05, 0) is 30.3 Å². The number of nitrogens with zero attached hydrogens (tertiary/aromatic N) is 1. The summed E-state index contributed by atoms with van der Waals surface area (Å²) < 4.78 is 45.2. The molecule has 0 saturated carbocycles. The second-order valence-corrected chi connectivity index (χ2v) is 6.44. The fourth-order valence-electron chi connectivity index (χ4n) is 2.30. The molecule has 6 nitrogen and oxygen atoms in total. The van der Waals surface area contributed by atoms with Crippen molar-refractivity contribution >= 4 is 46.4 Å². The van der Waals surface area contributed by atoms with Crippen LogP contribution in [0, 0.1) is 0 Å². The third kappa shape index (κ3) is 4.87. The lowest BCUT2D eigenvalue weighted by Gasteiger charge is -2.16. The van der Waals surface area contributed by atoms with Gasteiger partial charge in [0.05, 0.1) is 33.7 Å². The Kier molecular flexibility index (Phi) is 5.81. The van der Waals surface area contributed by atoms with Crippen molar-refractivity contribution < 1.29 is 27.2 Å². The molecule has 0 fully saturated rings. The quantitative estimate of drug-likeness (QED) is 0.521. The van der Waals surface area contributed by atoms with Crippen LogP contribution in [0.2, 0.25) is 10.2 Å². The van der Waals surface area contributed by atoms with Gasteiger partial charge < -0.3 is 15.1 Å². The molecule has 0 aliphatic rings. The molecule has 2 heterocycles. The van der Waals surface area contributed by atoms with Crippen molar-refractivity contribution in [1.82, 2.24) is 4.98 Å². The van der Waals surface area contributed by atoms with Gasteiger partial charge in [0.2, 0.25) is 0 Å². The summed E-state index contributed by atoms with van der Waals surface area (Å²) in [5, 5.41) is 4.42. The summed E-state index contributed by atoms with van der Waals surface area (Å²) in [5.74, 6) is -1.51. The highest BCUT2D eigenvalue weighted by atomic mass is 35.5. The molecule has 3 rings (SSSR count). The summed E-state index contributed by atoms with van der Waals surface area (Å²) in [4.78, 5) is 27.9. The second kappa shape index (κ2) is 8.14. The number of pyridine rings is 1. The van der Waals surface area contributed by atoms with Crippen molar-refractivity contribution in [2.45, 2.75) is 6.18 Å². The molecule has 0 aliphatic carbocycles. The van der Waals surface area contributed by atoms with E-state index < -0.39 is 29.2 Å². The fourth-order valence-corrected chi connectivity index (χ4v) is 2.57. The summed E-state index contributed by atoms with van der Waals surface area (Å²) in [5.41, 5.74) is -1.70. The molecule has 0 spiro atoms. The van der Waals surface area contributed by atoms with Gasteiger partial charge in [0.25, 0.3) is 11.8 Å². The van der Waals surface area contributed by atoms with E-state index in [1.54, 1.807) is 0 Å². The first-order valence-electron chi connectivity index (χ1n) is 7.82. The molecule has 0 saturated heterocycles. The summed E-state index contributed by atoms with van der Waals surface area (Å²) in [6.45, 7) is 0. The van der Waals surface area contributed by atoms with Crippen LogP contribution in [0.1, 0.15) is 26.3 Å². The summed E-state index contributed by atoms with van der Waals surface area (Å²) in [6, 6.07) is 5.49. The van der Waals surface area contributed by atoms with Crippen LogP contribution in [0.5, 0.6) is 0 Å². The van der Waals surface area contributed by atoms with Crippen LogP contribution < -0.4 is 10.6 Å². The highest BCUT2D eigenvalue weighted by Gasteiger charge is 2.34. The van der Waals surface area contributed by atoms with E-state index in [-0.39, 0.29) is 27.0 Å². The molecule has 1 aromatic carbocycles. The lowest BCUT2D eigenvalue weighted by Crippen LogP contribution is -2.18. The Morgan fingerprint density at radius 3 is 2.34 bits per heavy atom. The first kappa shape index (κ1) is 20.7. The zero-order valence-corrected chi connectivity index (χ0v) is 15.7. The number of rotatable bonds is 4. The Hall–Kier alpha value is -3.04. The lowest BCUT2D eigenvalue weighted by molar-refractivity contribution is -0.136. The van der Waals surface area contributed by atoms with Gasteiger partial charge in [-0.15, -0.1) is 0 Å². The number of aromatic nitrogens is 1. The van der Waals surface area contributed by atoms with Crippen molar-refractivity contribution in [2.75, 3.05) is 10.6 Å². The SMILES string of the molecule is O=C(Nc1ccc(NC(=O)c2cnc(Cl)c(Cl)c2)c(C(F)(F)F)c1)c1ccoc1. The third-order valence-electron chi connectivity index (χ3n) is 3.67. The maximum absolute atomic E-state index is 13.5. The maximum atomic E-state index is 13.5. The number of halogens is 5. The average molecular weight is 444 g/mol. The number of benzene rings is 1. The van der Waals surface area contributed by atoms with Crippen LogP contribution in [0.15, 0.2) is 53.5 Å². The minimum Gasteiger partial charge on any atom is -0.472 e. The van der Waals surface area contributed by atoms with Crippen molar-refractivity contribution in [1.29, 1.82) is 0 Å². The van der Waals surface area contributed by atoms with E-state index >= 15 is 0 Å². The van der Waals surface area contributed by atoms with Gasteiger partial charge >= 0.3 is 6.18 Å². The molecule has 0 aliphatic heterocycles. The Balaban J connectivity index is 1.87. The number of hydrogen-bond acceptors (Lipinski definition) is 4. The normalized spacial score (nSPS) is 11.2. The minimum atomic E-state index is -4.80. The number of carbonyl (C=O) groups is 2. The van der Waals surface area contributed by atoms with E-state index in [0.29, 0.717) is 6.07 Å². The van der Waals surface area contributed by atoms with Gasteiger partial charge in [0.1, 0.15) is 11.4 Å². The van der Waals surface area contributed by atoms with Crippen LogP contribution >= 0.6 is 23.2 Å². The molecule has 0 unspecified atom stereocenters. The van der Waals surface area contributed by atoms with Gasteiger partial charge in [0.15, 0.2) is 0 Å². The Morgan fingerprint density at radius 1 is 1.00 bits per heavy atom. The fraction of sp³-hybridized carbons (Fsp3) is 0.0556. The van der Waals surface area contributed by atoms with Crippen LogP contribution in [0.25, 0.3) is 0 Å². The molecule has 3 aromatic rings. The standard InChI is InChI=1S/C18H10Cl2F3N3O3/c19-13-5-10(7-24-15(13)20)17(28)26-14-2-1-11(6-12(14)18(21,22)23)25-16(27)9-3-4-29-8-9/h1-8H,(H,25,27)(H,26,28). The lowest BCUT2D eigenvalue weighted by atomic mass is 10.1. The van der Waals surface area contributed by atoms with E-state index in [2.05, 4.69) is 15.6 Å². The van der Waals surface area contributed by atoms with Crippen molar-refractivity contribution in [2.24, 2.45) is 0 Å². The molecule has 11 heteroatoms. The van der Waals surface area contributed by atoms with Gasteiger partial charge in [-0.3, -0.25) is 9.59 Å². The number of furan rings is 1. The number of carbonyl (C=O) groups excluding carboxylic acids is 2. The highest BCUT2D eigenvalue weighted by molar-refractivity contribution is 6.41. The molecule has 0 atom stereocenters. The number of amides is 2. The van der Waals surface area contributed by atoms with Gasteiger partial charge in [-0.1, -0.05) is 23.2 Å². The van der Waals surface area contributed by atoms with Gasteiger partial charge in [-0.2, -0.15) is 13.2 Å². The largest absolute Gasteiger partial charge is 0.472 e. The molecule has 29 heavy (non-hydrogen) atoms. The van der Waals surface area contributed by atoms with Gasteiger partial charge in [0, 0.05) is 11.9 Å². The van der Waals surface area contributed by atoms with E-state index in [1.165, 1.54) is 24.5 Å². The van der Waals surface area contributed by atoms with Crippen molar-refractivity contribution in [3.63, 3.8) is 0 Å². The molecule has 2 N–H and O–H groups in total. The van der Waals surface area contributed by atoms with Crippen LogP contribution in [0.4, 0.5) is 24.5 Å². The number of nitrogens with one attached hydrogen (secondary N) is 2. The molecular formula is C18H10Cl2F3N3O3. The highest BCUT2D eigenvalue weighted by Crippen LogP contribution is 2.37. The topological polar surface area (TPSA) is 84.2 Å². The van der Waals surface area contributed by atoms with E-state index in [0.717, 1.165) is 18.5 Å². The Labute approximate surface area is 171 Å². The monoisotopic (exact) mass is 443 g/mol. The second-order valence-electron chi connectivity index (χ2n) is 5.68. The van der Waals surface area contributed by atoms with E-state index in [4.69, 9.17) is 27.6 Å². The molecule has 150 valence electrons. The van der Waals surface area contributed by atoms with Crippen LogP contribution in [-0.4, -0.2) is 16.8 Å². The van der Waals surface area contributed by atoms with E-state index in [9.17, 15) is 22.8 Å². The molecule has 2 amide bonds. The smallest absolute Gasteiger partial charge is 0.418 e. The maximum Gasteiger partial charge on any atom is 0.418 e. The first-order chi connectivity index (χ1) is 13.6. The summed E-state index contributed by atoms with van der Waals surface area (Å²) in [6.07, 6.45) is -1.31. The molecule has 0 radical (unpaired) electrons. The average Bonchev–Trinajstić information content (AvgIpc) is 3.19. The van der Waals surface area contributed by atoms with Crippen molar-refractivity contribution in [3.05, 3.63) is 75.9 Å². The first-order valence-corrected chi connectivity index (χ1v) is 8.58. The summed E-state index contributed by atoms with van der Waals surface area (Å²) in [7, 11) is 0. The number of alkyl halides is 3. The number of hydrogen-bond donors (Lipinski definition) is 2. The van der Waals surface area contributed by atoms with E-state index in [1.807, 2.05) is 0 Å². The Morgan fingerprint density at radius 2 is 1.72 bits per heavy atom. The van der Waals surface area contributed by atoms with Crippen LogP contribution in [-0.2, 0) is 6.18 Å². The molecule has 0 bridgehead atoms. The van der Waals surface area contributed by atoms with Crippen LogP contribution in [0.3, 0.4) is 0 Å². The summed E-state index contributed by atoms with van der Waals surface area (Å²) >= 11 is 11.4. The predicted molar refractivity (Wildman–Crippen MR) is 100 cm³/mol. The Bertz CT molecular complexity index is 1070. The predicted octanol–water partition coefficient (Wildman–Crippen LogP) is 5.50. The third-order valence-corrected chi connectivity index (χ3v) is 4.36. The molecular weight excluding hydrogens is 434 g/mol.